The topological polar surface area (TPSA) is 25.2 Å². The molecule has 1 unspecified atom stereocenters. The summed E-state index contributed by atoms with van der Waals surface area (Å²) in [5.74, 6) is 0.552. The summed E-state index contributed by atoms with van der Waals surface area (Å²) >= 11 is 3.20. The normalized spacial score (nSPS) is 12.7. The highest BCUT2D eigenvalue weighted by atomic mass is 79.9. The van der Waals surface area contributed by atoms with E-state index < -0.39 is 0 Å². The van der Waals surface area contributed by atoms with Crippen LogP contribution < -0.4 is 5.32 Å². The van der Waals surface area contributed by atoms with Gasteiger partial charge in [-0.3, -0.25) is 0 Å². The van der Waals surface area contributed by atoms with Gasteiger partial charge in [0.05, 0.1) is 16.8 Å². The molecule has 0 fully saturated rings. The SMILES string of the molecule is CNC(c1ccoc1C)c1cccc(Br)c1F. The van der Waals surface area contributed by atoms with Crippen molar-refractivity contribution in [3.8, 4) is 0 Å². The molecule has 90 valence electrons. The van der Waals surface area contributed by atoms with Crippen LogP contribution in [0.15, 0.2) is 39.4 Å². The van der Waals surface area contributed by atoms with E-state index in [0.717, 1.165) is 11.3 Å². The Morgan fingerprint density at radius 1 is 1.29 bits per heavy atom. The third-order valence-corrected chi connectivity index (χ3v) is 3.40. The van der Waals surface area contributed by atoms with E-state index in [1.165, 1.54) is 0 Å². The highest BCUT2D eigenvalue weighted by molar-refractivity contribution is 9.10. The molecule has 2 aromatic rings. The molecule has 1 aromatic heterocycles. The lowest BCUT2D eigenvalue weighted by atomic mass is 9.99. The number of furan rings is 1. The van der Waals surface area contributed by atoms with Crippen LogP contribution in [0.1, 0.15) is 22.9 Å². The third kappa shape index (κ3) is 2.28. The molecule has 2 rings (SSSR count). The van der Waals surface area contributed by atoms with E-state index in [9.17, 15) is 4.39 Å². The fourth-order valence-electron chi connectivity index (χ4n) is 1.92. The van der Waals surface area contributed by atoms with Crippen molar-refractivity contribution in [1.82, 2.24) is 5.32 Å². The molecule has 0 aliphatic heterocycles. The molecule has 0 aliphatic rings. The lowest BCUT2D eigenvalue weighted by Gasteiger charge is -2.17. The highest BCUT2D eigenvalue weighted by Crippen LogP contribution is 2.30. The molecule has 1 heterocycles. The lowest BCUT2D eigenvalue weighted by Crippen LogP contribution is -2.19. The molecule has 1 N–H and O–H groups in total. The highest BCUT2D eigenvalue weighted by Gasteiger charge is 2.20. The number of hydrogen-bond donors (Lipinski definition) is 1. The molecule has 4 heteroatoms. The molecule has 0 amide bonds. The Morgan fingerprint density at radius 3 is 2.65 bits per heavy atom. The fraction of sp³-hybridized carbons (Fsp3) is 0.231. The zero-order valence-electron chi connectivity index (χ0n) is 9.63. The van der Waals surface area contributed by atoms with Crippen molar-refractivity contribution in [3.05, 3.63) is 57.7 Å². The third-order valence-electron chi connectivity index (χ3n) is 2.79. The summed E-state index contributed by atoms with van der Waals surface area (Å²) in [6.45, 7) is 1.87. The van der Waals surface area contributed by atoms with Gasteiger partial charge >= 0.3 is 0 Å². The maximum atomic E-state index is 14.0. The van der Waals surface area contributed by atoms with Gasteiger partial charge in [-0.05, 0) is 42.0 Å². The number of nitrogens with one attached hydrogen (secondary N) is 1. The zero-order valence-corrected chi connectivity index (χ0v) is 11.2. The summed E-state index contributed by atoms with van der Waals surface area (Å²) in [6, 6.07) is 6.94. The molecule has 17 heavy (non-hydrogen) atoms. The van der Waals surface area contributed by atoms with E-state index in [-0.39, 0.29) is 11.9 Å². The van der Waals surface area contributed by atoms with Gasteiger partial charge in [-0.2, -0.15) is 0 Å². The molecule has 0 spiro atoms. The van der Waals surface area contributed by atoms with Gasteiger partial charge in [0.1, 0.15) is 11.6 Å². The molecule has 1 atom stereocenters. The number of hydrogen-bond acceptors (Lipinski definition) is 2. The molecule has 0 bridgehead atoms. The zero-order chi connectivity index (χ0) is 12.4. The first-order valence-corrected chi connectivity index (χ1v) is 6.09. The van der Waals surface area contributed by atoms with Crippen molar-refractivity contribution in [1.29, 1.82) is 0 Å². The van der Waals surface area contributed by atoms with Crippen LogP contribution in [0.4, 0.5) is 4.39 Å². The van der Waals surface area contributed by atoms with Gasteiger partial charge in [0.25, 0.3) is 0 Å². The number of aryl methyl sites for hydroxylation is 1. The Bertz CT molecular complexity index is 524. The summed E-state index contributed by atoms with van der Waals surface area (Å²) in [5, 5.41) is 3.11. The van der Waals surface area contributed by atoms with E-state index in [4.69, 9.17) is 4.42 Å². The first kappa shape index (κ1) is 12.3. The second kappa shape index (κ2) is 5.02. The minimum absolute atomic E-state index is 0.203. The van der Waals surface area contributed by atoms with Gasteiger partial charge in [0.2, 0.25) is 0 Å². The van der Waals surface area contributed by atoms with E-state index in [2.05, 4.69) is 21.2 Å². The van der Waals surface area contributed by atoms with Gasteiger partial charge in [-0.15, -0.1) is 0 Å². The van der Waals surface area contributed by atoms with Crippen LogP contribution in [0, 0.1) is 12.7 Å². The predicted octanol–water partition coefficient (Wildman–Crippen LogP) is 3.80. The van der Waals surface area contributed by atoms with Crippen molar-refractivity contribution in [2.24, 2.45) is 0 Å². The van der Waals surface area contributed by atoms with Crippen LogP contribution in [-0.4, -0.2) is 7.05 Å². The van der Waals surface area contributed by atoms with Crippen LogP contribution >= 0.6 is 15.9 Å². The molecule has 0 saturated heterocycles. The first-order valence-electron chi connectivity index (χ1n) is 5.30. The molecular weight excluding hydrogens is 285 g/mol. The molecular formula is C13H13BrFNO. The second-order valence-electron chi connectivity index (χ2n) is 3.80. The number of benzene rings is 1. The Hall–Kier alpha value is -1.13. The van der Waals surface area contributed by atoms with Crippen molar-refractivity contribution in [3.63, 3.8) is 0 Å². The summed E-state index contributed by atoms with van der Waals surface area (Å²) in [7, 11) is 1.80. The summed E-state index contributed by atoms with van der Waals surface area (Å²) in [5.41, 5.74) is 1.55. The lowest BCUT2D eigenvalue weighted by molar-refractivity contribution is 0.518. The first-order chi connectivity index (χ1) is 8.15. The van der Waals surface area contributed by atoms with E-state index in [1.54, 1.807) is 25.4 Å². The van der Waals surface area contributed by atoms with E-state index in [0.29, 0.717) is 10.0 Å². The summed E-state index contributed by atoms with van der Waals surface area (Å²) < 4.78 is 19.8. The van der Waals surface area contributed by atoms with Crippen molar-refractivity contribution in [2.45, 2.75) is 13.0 Å². The smallest absolute Gasteiger partial charge is 0.142 e. The van der Waals surface area contributed by atoms with E-state index in [1.807, 2.05) is 19.1 Å². The maximum absolute atomic E-state index is 14.0. The Morgan fingerprint density at radius 2 is 2.06 bits per heavy atom. The predicted molar refractivity (Wildman–Crippen MR) is 68.4 cm³/mol. The molecule has 0 aliphatic carbocycles. The van der Waals surface area contributed by atoms with E-state index >= 15 is 0 Å². The second-order valence-corrected chi connectivity index (χ2v) is 4.65. The van der Waals surface area contributed by atoms with Crippen molar-refractivity contribution < 1.29 is 8.81 Å². The number of halogens is 2. The molecule has 1 aromatic carbocycles. The van der Waals surface area contributed by atoms with Gasteiger partial charge in [-0.25, -0.2) is 4.39 Å². The summed E-state index contributed by atoms with van der Waals surface area (Å²) in [6.07, 6.45) is 1.62. The number of rotatable bonds is 3. The quantitative estimate of drug-likeness (QED) is 0.932. The monoisotopic (exact) mass is 297 g/mol. The van der Waals surface area contributed by atoms with Gasteiger partial charge in [-0.1, -0.05) is 12.1 Å². The van der Waals surface area contributed by atoms with Gasteiger partial charge in [0.15, 0.2) is 0 Å². The minimum Gasteiger partial charge on any atom is -0.469 e. The summed E-state index contributed by atoms with van der Waals surface area (Å²) in [4.78, 5) is 0. The average molecular weight is 298 g/mol. The Kier molecular flexibility index (Phi) is 3.64. The van der Waals surface area contributed by atoms with Gasteiger partial charge in [0, 0.05) is 11.1 Å². The van der Waals surface area contributed by atoms with Crippen LogP contribution in [0.2, 0.25) is 0 Å². The van der Waals surface area contributed by atoms with Crippen LogP contribution in [0.5, 0.6) is 0 Å². The molecule has 0 radical (unpaired) electrons. The van der Waals surface area contributed by atoms with Crippen LogP contribution in [0.25, 0.3) is 0 Å². The van der Waals surface area contributed by atoms with Gasteiger partial charge < -0.3 is 9.73 Å². The molecule has 0 saturated carbocycles. The largest absolute Gasteiger partial charge is 0.469 e. The minimum atomic E-state index is -0.243. The molecule has 2 nitrogen and oxygen atoms in total. The fourth-order valence-corrected chi connectivity index (χ4v) is 2.30. The Balaban J connectivity index is 2.50. The van der Waals surface area contributed by atoms with Crippen LogP contribution in [0.3, 0.4) is 0 Å². The maximum Gasteiger partial charge on any atom is 0.142 e. The standard InChI is InChI=1S/C13H13BrFNO/c1-8-9(6-7-17-8)13(16-2)10-4-3-5-11(14)12(10)15/h3-7,13,16H,1-2H3. The average Bonchev–Trinajstić information content (AvgIpc) is 2.72. The van der Waals surface area contributed by atoms with Crippen molar-refractivity contribution >= 4 is 15.9 Å². The Labute approximate surface area is 108 Å². The van der Waals surface area contributed by atoms with Crippen LogP contribution in [-0.2, 0) is 0 Å². The van der Waals surface area contributed by atoms with Crippen molar-refractivity contribution in [2.75, 3.05) is 7.05 Å².